The summed E-state index contributed by atoms with van der Waals surface area (Å²) in [5.41, 5.74) is 7.05. The number of ether oxygens (including phenoxy) is 1. The van der Waals surface area contributed by atoms with Crippen LogP contribution >= 0.6 is 0 Å². The molecule has 1 aromatic carbocycles. The second-order valence-electron chi connectivity index (χ2n) is 4.38. The highest BCUT2D eigenvalue weighted by Gasteiger charge is 2.19. The van der Waals surface area contributed by atoms with Gasteiger partial charge in [-0.25, -0.2) is 13.1 Å². The van der Waals surface area contributed by atoms with Gasteiger partial charge in [-0.15, -0.1) is 0 Å². The average molecular weight is 307 g/mol. The van der Waals surface area contributed by atoms with Crippen LogP contribution in [0.2, 0.25) is 0 Å². The van der Waals surface area contributed by atoms with Gasteiger partial charge >= 0.3 is 0 Å². The molecular weight excluding hydrogens is 290 g/mol. The molecule has 0 bridgehead atoms. The monoisotopic (exact) mass is 307 g/mol. The second kappa shape index (κ2) is 6.66. The number of nitrogens with two attached hydrogens (primary N) is 1. The third-order valence-electron chi connectivity index (χ3n) is 2.94. The van der Waals surface area contributed by atoms with Gasteiger partial charge in [0.2, 0.25) is 10.0 Å². The zero-order valence-corrected chi connectivity index (χ0v) is 12.4. The number of aromatic nitrogens is 1. The maximum atomic E-state index is 12.4. The number of nitrogens with one attached hydrogen (secondary N) is 1. The smallest absolute Gasteiger partial charge is 0.244 e. The first-order valence-corrected chi connectivity index (χ1v) is 7.80. The summed E-state index contributed by atoms with van der Waals surface area (Å²) in [4.78, 5) is 4.02. The Morgan fingerprint density at radius 2 is 2.10 bits per heavy atom. The zero-order valence-electron chi connectivity index (χ0n) is 11.6. The second-order valence-corrected chi connectivity index (χ2v) is 6.11. The summed E-state index contributed by atoms with van der Waals surface area (Å²) in [7, 11) is -2.26. The van der Waals surface area contributed by atoms with E-state index in [0.29, 0.717) is 0 Å². The predicted molar refractivity (Wildman–Crippen MR) is 79.1 cm³/mol. The number of hydrogen-bond acceptors (Lipinski definition) is 5. The molecule has 0 aliphatic carbocycles. The first-order chi connectivity index (χ1) is 10.1. The summed E-state index contributed by atoms with van der Waals surface area (Å²) in [6.45, 7) is 0.418. The van der Waals surface area contributed by atoms with Crippen LogP contribution in [-0.2, 0) is 23.1 Å². The summed E-state index contributed by atoms with van der Waals surface area (Å²) in [6, 6.07) is 8.40. The van der Waals surface area contributed by atoms with Crippen molar-refractivity contribution in [3.05, 3.63) is 53.9 Å². The molecule has 2 rings (SSSR count). The van der Waals surface area contributed by atoms with Crippen LogP contribution in [0.1, 0.15) is 11.1 Å². The molecule has 0 aliphatic rings. The van der Waals surface area contributed by atoms with Crippen LogP contribution in [-0.4, -0.2) is 20.5 Å². The normalized spacial score (nSPS) is 11.3. The van der Waals surface area contributed by atoms with Gasteiger partial charge in [0.25, 0.3) is 0 Å². The van der Waals surface area contributed by atoms with Crippen molar-refractivity contribution < 1.29 is 13.2 Å². The molecule has 0 fully saturated rings. The van der Waals surface area contributed by atoms with Crippen molar-refractivity contribution in [2.75, 3.05) is 7.11 Å². The largest absolute Gasteiger partial charge is 0.495 e. The summed E-state index contributed by atoms with van der Waals surface area (Å²) in [5.74, 6) is 0.283. The molecule has 1 heterocycles. The van der Waals surface area contributed by atoms with E-state index in [1.807, 2.05) is 0 Å². The van der Waals surface area contributed by atoms with Gasteiger partial charge < -0.3 is 10.5 Å². The summed E-state index contributed by atoms with van der Waals surface area (Å²) in [6.07, 6.45) is 3.24. The Hall–Kier alpha value is -1.96. The van der Waals surface area contributed by atoms with E-state index in [0.717, 1.165) is 11.1 Å². The minimum atomic E-state index is -3.69. The minimum Gasteiger partial charge on any atom is -0.495 e. The summed E-state index contributed by atoms with van der Waals surface area (Å²) < 4.78 is 32.4. The number of benzene rings is 1. The lowest BCUT2D eigenvalue weighted by molar-refractivity contribution is 0.402. The number of nitrogens with zero attached hydrogens (tertiary/aromatic N) is 1. The first-order valence-electron chi connectivity index (χ1n) is 6.32. The van der Waals surface area contributed by atoms with E-state index in [4.69, 9.17) is 10.5 Å². The van der Waals surface area contributed by atoms with E-state index >= 15 is 0 Å². The Balaban J connectivity index is 2.26. The molecule has 0 unspecified atom stereocenters. The topological polar surface area (TPSA) is 94.3 Å². The third-order valence-corrected chi connectivity index (χ3v) is 4.36. The molecule has 21 heavy (non-hydrogen) atoms. The van der Waals surface area contributed by atoms with Gasteiger partial charge in [-0.05, 0) is 29.3 Å². The lowest BCUT2D eigenvalue weighted by Crippen LogP contribution is -2.24. The van der Waals surface area contributed by atoms with E-state index in [1.165, 1.54) is 13.2 Å². The molecule has 0 saturated carbocycles. The van der Waals surface area contributed by atoms with Gasteiger partial charge in [0.1, 0.15) is 10.6 Å². The molecular formula is C14H17N3O3S. The van der Waals surface area contributed by atoms with Gasteiger partial charge in [0.15, 0.2) is 0 Å². The van der Waals surface area contributed by atoms with Gasteiger partial charge in [-0.1, -0.05) is 12.1 Å². The Labute approximate surface area is 124 Å². The molecule has 0 spiro atoms. The lowest BCUT2D eigenvalue weighted by Gasteiger charge is -2.12. The van der Waals surface area contributed by atoms with Gasteiger partial charge in [0.05, 0.1) is 7.11 Å². The lowest BCUT2D eigenvalue weighted by atomic mass is 10.2. The van der Waals surface area contributed by atoms with Crippen molar-refractivity contribution in [1.29, 1.82) is 0 Å². The molecule has 3 N–H and O–H groups in total. The Kier molecular flexibility index (Phi) is 4.89. The van der Waals surface area contributed by atoms with Gasteiger partial charge in [-0.3, -0.25) is 4.98 Å². The highest BCUT2D eigenvalue weighted by molar-refractivity contribution is 7.89. The SMILES string of the molecule is COc1ccc(CN)cc1S(=O)(=O)NCc1cccnc1. The van der Waals surface area contributed by atoms with Crippen LogP contribution in [0, 0.1) is 0 Å². The highest BCUT2D eigenvalue weighted by atomic mass is 32.2. The maximum Gasteiger partial charge on any atom is 0.244 e. The van der Waals surface area contributed by atoms with E-state index in [2.05, 4.69) is 9.71 Å². The quantitative estimate of drug-likeness (QED) is 0.831. The first kappa shape index (κ1) is 15.4. The molecule has 0 aliphatic heterocycles. The number of hydrogen-bond donors (Lipinski definition) is 2. The Morgan fingerprint density at radius 1 is 1.29 bits per heavy atom. The van der Waals surface area contributed by atoms with Gasteiger partial charge in [-0.2, -0.15) is 0 Å². The molecule has 2 aromatic rings. The van der Waals surface area contributed by atoms with Crippen LogP contribution in [0.25, 0.3) is 0 Å². The molecule has 0 saturated heterocycles. The third kappa shape index (κ3) is 3.78. The van der Waals surface area contributed by atoms with Crippen LogP contribution in [0.4, 0.5) is 0 Å². The van der Waals surface area contributed by atoms with Crippen LogP contribution < -0.4 is 15.2 Å². The van der Waals surface area contributed by atoms with Crippen molar-refractivity contribution in [2.24, 2.45) is 5.73 Å². The fourth-order valence-electron chi connectivity index (χ4n) is 1.82. The van der Waals surface area contributed by atoms with Crippen LogP contribution in [0.15, 0.2) is 47.6 Å². The zero-order chi connectivity index (χ0) is 15.3. The fraction of sp³-hybridized carbons (Fsp3) is 0.214. The average Bonchev–Trinajstić information content (AvgIpc) is 2.53. The standard InChI is InChI=1S/C14H17N3O3S/c1-20-13-5-4-11(8-15)7-14(13)21(18,19)17-10-12-3-2-6-16-9-12/h2-7,9,17H,8,10,15H2,1H3. The van der Waals surface area contributed by atoms with Crippen molar-refractivity contribution in [3.8, 4) is 5.75 Å². The molecule has 1 aromatic heterocycles. The fourth-order valence-corrected chi connectivity index (χ4v) is 3.05. The Morgan fingerprint density at radius 3 is 2.71 bits per heavy atom. The molecule has 7 heteroatoms. The minimum absolute atomic E-state index is 0.0804. The van der Waals surface area contributed by atoms with Crippen molar-refractivity contribution in [3.63, 3.8) is 0 Å². The number of methoxy groups -OCH3 is 1. The molecule has 0 radical (unpaired) electrons. The van der Waals surface area contributed by atoms with E-state index in [9.17, 15) is 8.42 Å². The highest BCUT2D eigenvalue weighted by Crippen LogP contribution is 2.24. The molecule has 112 valence electrons. The van der Waals surface area contributed by atoms with Crippen LogP contribution in [0.3, 0.4) is 0 Å². The summed E-state index contributed by atoms with van der Waals surface area (Å²) >= 11 is 0. The van der Waals surface area contributed by atoms with Crippen molar-refractivity contribution in [1.82, 2.24) is 9.71 Å². The van der Waals surface area contributed by atoms with Crippen molar-refractivity contribution in [2.45, 2.75) is 18.0 Å². The van der Waals surface area contributed by atoms with E-state index in [1.54, 1.807) is 36.7 Å². The van der Waals surface area contributed by atoms with E-state index < -0.39 is 10.0 Å². The number of rotatable bonds is 6. The predicted octanol–water partition coefficient (Wildman–Crippen LogP) is 1.03. The number of pyridine rings is 1. The summed E-state index contributed by atoms with van der Waals surface area (Å²) in [5, 5.41) is 0. The number of sulfonamides is 1. The van der Waals surface area contributed by atoms with Crippen LogP contribution in [0.5, 0.6) is 5.75 Å². The maximum absolute atomic E-state index is 12.4. The van der Waals surface area contributed by atoms with Crippen molar-refractivity contribution >= 4 is 10.0 Å². The van der Waals surface area contributed by atoms with E-state index in [-0.39, 0.29) is 23.7 Å². The molecule has 0 amide bonds. The molecule has 0 atom stereocenters. The molecule has 6 nitrogen and oxygen atoms in total. The van der Waals surface area contributed by atoms with Gasteiger partial charge in [0, 0.05) is 25.5 Å². The Bertz CT molecular complexity index is 703.